The molecule has 1 atom stereocenters. The minimum atomic E-state index is 0.387. The molecule has 1 nitrogen and oxygen atoms in total. The third-order valence-corrected chi connectivity index (χ3v) is 5.53. The van der Waals surface area contributed by atoms with Crippen molar-refractivity contribution in [1.29, 1.82) is 0 Å². The van der Waals surface area contributed by atoms with E-state index in [1.807, 2.05) is 0 Å². The zero-order valence-corrected chi connectivity index (χ0v) is 15.0. The molecule has 0 spiro atoms. The minimum Gasteiger partial charge on any atom is -0.309 e. The van der Waals surface area contributed by atoms with E-state index in [2.05, 4.69) is 69.2 Å². The van der Waals surface area contributed by atoms with Gasteiger partial charge in [0.05, 0.1) is 0 Å². The van der Waals surface area contributed by atoms with E-state index in [9.17, 15) is 0 Å². The summed E-state index contributed by atoms with van der Waals surface area (Å²) in [5, 5.41) is 3.79. The topological polar surface area (TPSA) is 12.0 Å². The van der Waals surface area contributed by atoms with Gasteiger partial charge in [0.15, 0.2) is 0 Å². The fraction of sp³-hybridized carbons (Fsp3) is 0.625. The number of benzene rings is 1. The van der Waals surface area contributed by atoms with Crippen molar-refractivity contribution in [3.63, 3.8) is 0 Å². The summed E-state index contributed by atoms with van der Waals surface area (Å²) in [6, 6.07) is 6.96. The molecule has 106 valence electrons. The number of nitrogens with one attached hydrogen (secondary N) is 1. The summed E-state index contributed by atoms with van der Waals surface area (Å²) in [6.07, 6.45) is 6.57. The Bertz CT molecular complexity index is 425. The standard InChI is InChI=1S/C16H23Br2N/c1-3-10-19-15(16(2)8-4-5-9-16)13-11-12(17)6-7-14(13)18/h6-7,11,15,19H,3-5,8-10H2,1-2H3. The third kappa shape index (κ3) is 3.62. The van der Waals surface area contributed by atoms with Crippen molar-refractivity contribution in [2.75, 3.05) is 6.54 Å². The summed E-state index contributed by atoms with van der Waals surface area (Å²) in [5.41, 5.74) is 1.78. The van der Waals surface area contributed by atoms with Crippen LogP contribution in [0.15, 0.2) is 27.1 Å². The number of hydrogen-bond donors (Lipinski definition) is 1. The highest BCUT2D eigenvalue weighted by molar-refractivity contribution is 9.11. The molecular weight excluding hydrogens is 366 g/mol. The van der Waals surface area contributed by atoms with Crippen molar-refractivity contribution in [2.45, 2.75) is 52.0 Å². The molecule has 1 saturated carbocycles. The molecule has 3 heteroatoms. The molecule has 19 heavy (non-hydrogen) atoms. The molecule has 1 aromatic carbocycles. The van der Waals surface area contributed by atoms with Crippen LogP contribution in [0.25, 0.3) is 0 Å². The molecule has 1 unspecified atom stereocenters. The minimum absolute atomic E-state index is 0.387. The molecular formula is C16H23Br2N. The van der Waals surface area contributed by atoms with Crippen molar-refractivity contribution >= 4 is 31.9 Å². The second-order valence-electron chi connectivity index (χ2n) is 5.91. The predicted octanol–water partition coefficient (Wildman–Crippen LogP) is 5.83. The van der Waals surface area contributed by atoms with Crippen LogP contribution in [0.3, 0.4) is 0 Å². The molecule has 1 fully saturated rings. The van der Waals surface area contributed by atoms with E-state index >= 15 is 0 Å². The van der Waals surface area contributed by atoms with Crippen molar-refractivity contribution < 1.29 is 0 Å². The zero-order chi connectivity index (χ0) is 13.9. The molecule has 0 bridgehead atoms. The van der Waals surface area contributed by atoms with E-state index in [0.717, 1.165) is 11.0 Å². The first-order chi connectivity index (χ1) is 9.07. The lowest BCUT2D eigenvalue weighted by atomic mass is 9.77. The monoisotopic (exact) mass is 387 g/mol. The van der Waals surface area contributed by atoms with E-state index in [0.29, 0.717) is 11.5 Å². The number of hydrogen-bond acceptors (Lipinski definition) is 1. The predicted molar refractivity (Wildman–Crippen MR) is 89.5 cm³/mol. The average Bonchev–Trinajstić information content (AvgIpc) is 2.82. The van der Waals surface area contributed by atoms with Crippen LogP contribution in [-0.2, 0) is 0 Å². The van der Waals surface area contributed by atoms with Crippen LogP contribution in [0.5, 0.6) is 0 Å². The SMILES string of the molecule is CCCNC(c1cc(Br)ccc1Br)C1(C)CCCC1. The first-order valence-electron chi connectivity index (χ1n) is 7.25. The van der Waals surface area contributed by atoms with Gasteiger partial charge in [-0.3, -0.25) is 0 Å². The molecule has 1 aromatic rings. The van der Waals surface area contributed by atoms with Crippen molar-refractivity contribution in [1.82, 2.24) is 5.32 Å². The van der Waals surface area contributed by atoms with E-state index in [1.54, 1.807) is 0 Å². The summed E-state index contributed by atoms with van der Waals surface area (Å²) < 4.78 is 2.38. The Kier molecular flexibility index (Phi) is 5.50. The lowest BCUT2D eigenvalue weighted by Gasteiger charge is -2.36. The summed E-state index contributed by atoms with van der Waals surface area (Å²) in [5.74, 6) is 0. The average molecular weight is 389 g/mol. The maximum absolute atomic E-state index is 3.79. The molecule has 0 saturated heterocycles. The Balaban J connectivity index is 2.33. The molecule has 0 aromatic heterocycles. The second kappa shape index (κ2) is 6.73. The van der Waals surface area contributed by atoms with Gasteiger partial charge in [-0.25, -0.2) is 0 Å². The third-order valence-electron chi connectivity index (χ3n) is 4.31. The normalized spacial score (nSPS) is 19.6. The van der Waals surface area contributed by atoms with Crippen molar-refractivity contribution in [2.24, 2.45) is 5.41 Å². The largest absolute Gasteiger partial charge is 0.309 e. The van der Waals surface area contributed by atoms with E-state index < -0.39 is 0 Å². The maximum Gasteiger partial charge on any atom is 0.0386 e. The van der Waals surface area contributed by atoms with Gasteiger partial charge < -0.3 is 5.32 Å². The fourth-order valence-corrected chi connectivity index (χ4v) is 4.08. The molecule has 0 aliphatic heterocycles. The fourth-order valence-electron chi connectivity index (χ4n) is 3.23. The molecule has 0 amide bonds. The summed E-state index contributed by atoms with van der Waals surface area (Å²) >= 11 is 7.34. The van der Waals surface area contributed by atoms with Crippen molar-refractivity contribution in [3.05, 3.63) is 32.7 Å². The Labute approximate surface area is 133 Å². The molecule has 0 heterocycles. The Hall–Kier alpha value is 0.140. The summed E-state index contributed by atoms with van der Waals surface area (Å²) in [6.45, 7) is 5.76. The molecule has 2 rings (SSSR count). The second-order valence-corrected chi connectivity index (χ2v) is 7.68. The Morgan fingerprint density at radius 1 is 1.26 bits per heavy atom. The Morgan fingerprint density at radius 3 is 2.58 bits per heavy atom. The zero-order valence-electron chi connectivity index (χ0n) is 11.8. The van der Waals surface area contributed by atoms with E-state index in [4.69, 9.17) is 0 Å². The number of halogens is 2. The van der Waals surface area contributed by atoms with Crippen LogP contribution in [0.2, 0.25) is 0 Å². The Morgan fingerprint density at radius 2 is 1.95 bits per heavy atom. The van der Waals surface area contributed by atoms with E-state index in [-0.39, 0.29) is 0 Å². The van der Waals surface area contributed by atoms with Gasteiger partial charge in [0.2, 0.25) is 0 Å². The van der Waals surface area contributed by atoms with Gasteiger partial charge in [-0.15, -0.1) is 0 Å². The van der Waals surface area contributed by atoms with Gasteiger partial charge in [0, 0.05) is 15.0 Å². The van der Waals surface area contributed by atoms with Crippen LogP contribution in [-0.4, -0.2) is 6.54 Å². The van der Waals surface area contributed by atoms with Crippen LogP contribution in [0.1, 0.15) is 57.6 Å². The van der Waals surface area contributed by atoms with Crippen LogP contribution in [0, 0.1) is 5.41 Å². The van der Waals surface area contributed by atoms with Gasteiger partial charge in [-0.05, 0) is 55.0 Å². The quantitative estimate of drug-likeness (QED) is 0.668. The first-order valence-corrected chi connectivity index (χ1v) is 8.84. The smallest absolute Gasteiger partial charge is 0.0386 e. The van der Waals surface area contributed by atoms with Gasteiger partial charge in [-0.2, -0.15) is 0 Å². The highest BCUT2D eigenvalue weighted by atomic mass is 79.9. The molecule has 1 N–H and O–H groups in total. The summed E-state index contributed by atoms with van der Waals surface area (Å²) in [4.78, 5) is 0. The van der Waals surface area contributed by atoms with Crippen molar-refractivity contribution in [3.8, 4) is 0 Å². The highest BCUT2D eigenvalue weighted by Gasteiger charge is 2.38. The number of rotatable bonds is 5. The highest BCUT2D eigenvalue weighted by Crippen LogP contribution is 2.48. The van der Waals surface area contributed by atoms with Gasteiger partial charge in [0.25, 0.3) is 0 Å². The molecule has 1 aliphatic rings. The summed E-state index contributed by atoms with van der Waals surface area (Å²) in [7, 11) is 0. The maximum atomic E-state index is 3.79. The first kappa shape index (κ1) is 15.5. The van der Waals surface area contributed by atoms with E-state index in [1.165, 1.54) is 42.1 Å². The lowest BCUT2D eigenvalue weighted by Crippen LogP contribution is -2.35. The van der Waals surface area contributed by atoms with Crippen LogP contribution >= 0.6 is 31.9 Å². The van der Waals surface area contributed by atoms with Gasteiger partial charge >= 0.3 is 0 Å². The molecule has 1 aliphatic carbocycles. The lowest BCUT2D eigenvalue weighted by molar-refractivity contribution is 0.223. The van der Waals surface area contributed by atoms with Gasteiger partial charge in [0.1, 0.15) is 0 Å². The van der Waals surface area contributed by atoms with Crippen LogP contribution in [0.4, 0.5) is 0 Å². The van der Waals surface area contributed by atoms with Crippen LogP contribution < -0.4 is 5.32 Å². The van der Waals surface area contributed by atoms with Gasteiger partial charge in [-0.1, -0.05) is 58.5 Å². The molecule has 0 radical (unpaired) electrons.